The highest BCUT2D eigenvalue weighted by Gasteiger charge is 2.43. The average molecular weight is 329 g/mol. The van der Waals surface area contributed by atoms with Crippen molar-refractivity contribution in [2.75, 3.05) is 6.61 Å². The molecule has 1 aromatic rings. The first-order chi connectivity index (χ1) is 10.8. The van der Waals surface area contributed by atoms with Crippen LogP contribution in [0.25, 0.3) is 0 Å². The van der Waals surface area contributed by atoms with E-state index < -0.39 is 29.8 Å². The second kappa shape index (κ2) is 6.91. The summed E-state index contributed by atoms with van der Waals surface area (Å²) in [7, 11) is 0. The highest BCUT2D eigenvalue weighted by molar-refractivity contribution is 5.77. The quantitative estimate of drug-likeness (QED) is 0.870. The number of halogens is 3. The minimum Gasteiger partial charge on any atom is -0.396 e. The lowest BCUT2D eigenvalue weighted by Crippen LogP contribution is -2.45. The van der Waals surface area contributed by atoms with Crippen LogP contribution >= 0.6 is 0 Å². The van der Waals surface area contributed by atoms with Gasteiger partial charge in [0.25, 0.3) is 0 Å². The fraction of sp³-hybridized carbons (Fsp3) is 0.588. The average Bonchev–Trinajstić information content (AvgIpc) is 2.86. The molecule has 0 saturated heterocycles. The largest absolute Gasteiger partial charge is 0.396 e. The lowest BCUT2D eigenvalue weighted by molar-refractivity contribution is -0.157. The molecule has 1 aliphatic rings. The van der Waals surface area contributed by atoms with Gasteiger partial charge in [0, 0.05) is 17.9 Å². The molecule has 128 valence electrons. The molecule has 1 fully saturated rings. The van der Waals surface area contributed by atoms with Crippen molar-refractivity contribution in [1.29, 1.82) is 0 Å². The third-order valence-corrected chi connectivity index (χ3v) is 4.76. The van der Waals surface area contributed by atoms with Crippen molar-refractivity contribution in [3.63, 3.8) is 0 Å². The standard InChI is InChI=1S/C17H22F3NO2/c1-16(11-22)9-5-8-14(16)21-15(23)10-13(17(18,19)20)12-6-3-2-4-7-12/h2-4,6-7,13-14,22H,5,8-11H2,1H3,(H,21,23). The van der Waals surface area contributed by atoms with Gasteiger partial charge in [-0.05, 0) is 18.4 Å². The van der Waals surface area contributed by atoms with Crippen LogP contribution in [0.4, 0.5) is 13.2 Å². The van der Waals surface area contributed by atoms with Gasteiger partial charge in [-0.1, -0.05) is 43.7 Å². The molecule has 23 heavy (non-hydrogen) atoms. The Balaban J connectivity index is 2.07. The van der Waals surface area contributed by atoms with E-state index in [1.54, 1.807) is 6.07 Å². The van der Waals surface area contributed by atoms with Gasteiger partial charge >= 0.3 is 6.18 Å². The van der Waals surface area contributed by atoms with Gasteiger partial charge in [-0.15, -0.1) is 0 Å². The molecule has 1 aliphatic carbocycles. The van der Waals surface area contributed by atoms with Crippen LogP contribution < -0.4 is 5.32 Å². The summed E-state index contributed by atoms with van der Waals surface area (Å²) in [5.41, 5.74) is -0.359. The Hall–Kier alpha value is -1.56. The van der Waals surface area contributed by atoms with Gasteiger partial charge in [0.1, 0.15) is 0 Å². The van der Waals surface area contributed by atoms with Crippen LogP contribution in [0.3, 0.4) is 0 Å². The highest BCUT2D eigenvalue weighted by Crippen LogP contribution is 2.39. The molecule has 6 heteroatoms. The lowest BCUT2D eigenvalue weighted by Gasteiger charge is -2.30. The van der Waals surface area contributed by atoms with Gasteiger partial charge in [-0.3, -0.25) is 4.79 Å². The van der Waals surface area contributed by atoms with Crippen molar-refractivity contribution >= 4 is 5.91 Å². The Morgan fingerprint density at radius 1 is 1.39 bits per heavy atom. The molecule has 0 radical (unpaired) electrons. The molecule has 0 spiro atoms. The van der Waals surface area contributed by atoms with E-state index in [-0.39, 0.29) is 18.2 Å². The fourth-order valence-corrected chi connectivity index (χ4v) is 3.21. The third-order valence-electron chi connectivity index (χ3n) is 4.76. The van der Waals surface area contributed by atoms with Gasteiger partial charge in [0.2, 0.25) is 5.91 Å². The van der Waals surface area contributed by atoms with Crippen molar-refractivity contribution < 1.29 is 23.1 Å². The Morgan fingerprint density at radius 2 is 2.04 bits per heavy atom. The van der Waals surface area contributed by atoms with E-state index in [1.165, 1.54) is 24.3 Å². The van der Waals surface area contributed by atoms with Gasteiger partial charge in [-0.25, -0.2) is 0 Å². The van der Waals surface area contributed by atoms with Crippen LogP contribution in [0.1, 0.15) is 44.1 Å². The van der Waals surface area contributed by atoms with Gasteiger partial charge < -0.3 is 10.4 Å². The second-order valence-electron chi connectivity index (χ2n) is 6.53. The summed E-state index contributed by atoms with van der Waals surface area (Å²) < 4.78 is 39.8. The number of amides is 1. The summed E-state index contributed by atoms with van der Waals surface area (Å²) in [4.78, 5) is 12.1. The van der Waals surface area contributed by atoms with E-state index in [0.717, 1.165) is 12.8 Å². The molecular weight excluding hydrogens is 307 g/mol. The number of carbonyl (C=O) groups excluding carboxylic acids is 1. The number of hydrogen-bond acceptors (Lipinski definition) is 2. The van der Waals surface area contributed by atoms with E-state index in [1.807, 2.05) is 6.92 Å². The molecule has 1 aromatic carbocycles. The van der Waals surface area contributed by atoms with Crippen LogP contribution in [0.5, 0.6) is 0 Å². The summed E-state index contributed by atoms with van der Waals surface area (Å²) >= 11 is 0. The first kappa shape index (κ1) is 17.8. The molecule has 3 nitrogen and oxygen atoms in total. The smallest absolute Gasteiger partial charge is 0.396 e. The van der Waals surface area contributed by atoms with Crippen LogP contribution in [0, 0.1) is 5.41 Å². The van der Waals surface area contributed by atoms with Crippen molar-refractivity contribution in [1.82, 2.24) is 5.32 Å². The Bertz CT molecular complexity index is 532. The van der Waals surface area contributed by atoms with E-state index in [4.69, 9.17) is 0 Å². The zero-order valence-corrected chi connectivity index (χ0v) is 13.1. The molecule has 1 amide bonds. The SMILES string of the molecule is CC1(CO)CCCC1NC(=O)CC(c1ccccc1)C(F)(F)F. The summed E-state index contributed by atoms with van der Waals surface area (Å²) in [6, 6.07) is 7.21. The first-order valence-corrected chi connectivity index (χ1v) is 7.78. The van der Waals surface area contributed by atoms with Crippen molar-refractivity contribution in [3.05, 3.63) is 35.9 Å². The fourth-order valence-electron chi connectivity index (χ4n) is 3.21. The van der Waals surface area contributed by atoms with Crippen LogP contribution in [0.15, 0.2) is 30.3 Å². The molecule has 0 aromatic heterocycles. The van der Waals surface area contributed by atoms with E-state index >= 15 is 0 Å². The normalized spacial score (nSPS) is 26.0. The summed E-state index contributed by atoms with van der Waals surface area (Å²) in [6.07, 6.45) is -2.82. The zero-order valence-electron chi connectivity index (χ0n) is 13.1. The molecule has 0 aliphatic heterocycles. The number of nitrogens with one attached hydrogen (secondary N) is 1. The third kappa shape index (κ3) is 4.25. The van der Waals surface area contributed by atoms with Crippen LogP contribution in [-0.4, -0.2) is 29.8 Å². The molecule has 2 rings (SSSR count). The predicted molar refractivity (Wildman–Crippen MR) is 80.8 cm³/mol. The van der Waals surface area contributed by atoms with E-state index in [2.05, 4.69) is 5.32 Å². The maximum atomic E-state index is 13.3. The minimum absolute atomic E-state index is 0.0840. The maximum Gasteiger partial charge on any atom is 0.396 e. The molecule has 3 atom stereocenters. The van der Waals surface area contributed by atoms with Crippen LogP contribution in [0.2, 0.25) is 0 Å². The second-order valence-corrected chi connectivity index (χ2v) is 6.53. The molecule has 0 heterocycles. The molecule has 1 saturated carbocycles. The predicted octanol–water partition coefficient (Wildman–Crippen LogP) is 3.39. The summed E-state index contributed by atoms with van der Waals surface area (Å²) in [5, 5.41) is 12.2. The topological polar surface area (TPSA) is 49.3 Å². The number of alkyl halides is 3. The van der Waals surface area contributed by atoms with Gasteiger partial charge in [-0.2, -0.15) is 13.2 Å². The molecule has 3 unspecified atom stereocenters. The zero-order chi connectivity index (χ0) is 17.1. The number of hydrogen-bond donors (Lipinski definition) is 2. The van der Waals surface area contributed by atoms with Crippen LogP contribution in [-0.2, 0) is 4.79 Å². The minimum atomic E-state index is -4.48. The van der Waals surface area contributed by atoms with Gasteiger partial charge in [0.05, 0.1) is 12.5 Å². The Morgan fingerprint density at radius 3 is 2.61 bits per heavy atom. The van der Waals surface area contributed by atoms with E-state index in [0.29, 0.717) is 6.42 Å². The maximum absolute atomic E-state index is 13.3. The number of aliphatic hydroxyl groups excluding tert-OH is 1. The first-order valence-electron chi connectivity index (χ1n) is 7.78. The van der Waals surface area contributed by atoms with Gasteiger partial charge in [0.15, 0.2) is 0 Å². The van der Waals surface area contributed by atoms with Crippen molar-refractivity contribution in [3.8, 4) is 0 Å². The number of aliphatic hydroxyl groups is 1. The Labute approximate surface area is 133 Å². The number of carbonyl (C=O) groups is 1. The molecular formula is C17H22F3NO2. The lowest BCUT2D eigenvalue weighted by atomic mass is 9.85. The van der Waals surface area contributed by atoms with Crippen molar-refractivity contribution in [2.24, 2.45) is 5.41 Å². The Kier molecular flexibility index (Phi) is 5.34. The molecule has 0 bridgehead atoms. The summed E-state index contributed by atoms with van der Waals surface area (Å²) in [5.74, 6) is -2.44. The number of benzene rings is 1. The monoisotopic (exact) mass is 329 g/mol. The summed E-state index contributed by atoms with van der Waals surface area (Å²) in [6.45, 7) is 1.77. The molecule has 2 N–H and O–H groups in total. The highest BCUT2D eigenvalue weighted by atomic mass is 19.4. The number of rotatable bonds is 5. The van der Waals surface area contributed by atoms with E-state index in [9.17, 15) is 23.1 Å². The van der Waals surface area contributed by atoms with Crippen molar-refractivity contribution in [2.45, 2.75) is 50.7 Å².